The second-order valence-electron chi connectivity index (χ2n) is 9.61. The molecular weight excluding hydrogens is 506 g/mol. The van der Waals surface area contributed by atoms with Crippen molar-refractivity contribution in [2.24, 2.45) is 4.99 Å². The molecular formula is C31H25N5O4. The predicted molar refractivity (Wildman–Crippen MR) is 150 cm³/mol. The van der Waals surface area contributed by atoms with E-state index in [4.69, 9.17) is 9.73 Å². The van der Waals surface area contributed by atoms with Crippen molar-refractivity contribution < 1.29 is 19.1 Å². The smallest absolute Gasteiger partial charge is 0.337 e. The molecule has 9 nitrogen and oxygen atoms in total. The topological polar surface area (TPSA) is 114 Å². The van der Waals surface area contributed by atoms with Crippen LogP contribution in [0.2, 0.25) is 0 Å². The van der Waals surface area contributed by atoms with Crippen molar-refractivity contribution >= 4 is 40.6 Å². The lowest BCUT2D eigenvalue weighted by Gasteiger charge is -2.18. The lowest BCUT2D eigenvalue weighted by Crippen LogP contribution is -2.30. The Morgan fingerprint density at radius 3 is 2.60 bits per heavy atom. The molecule has 2 aliphatic rings. The average Bonchev–Trinajstić information content (AvgIpc) is 3.56. The number of carbonyl (C=O) groups excluding carboxylic acids is 3. The molecule has 198 valence electrons. The third-order valence-corrected chi connectivity index (χ3v) is 7.13. The summed E-state index contributed by atoms with van der Waals surface area (Å²) in [6, 6.07) is 20.4. The number of anilines is 2. The summed E-state index contributed by atoms with van der Waals surface area (Å²) in [5, 5.41) is 2.90. The van der Waals surface area contributed by atoms with E-state index in [0.29, 0.717) is 35.6 Å². The van der Waals surface area contributed by atoms with E-state index < -0.39 is 11.9 Å². The van der Waals surface area contributed by atoms with Crippen molar-refractivity contribution in [1.29, 1.82) is 0 Å². The minimum atomic E-state index is -0.663. The fourth-order valence-corrected chi connectivity index (χ4v) is 5.23. The minimum absolute atomic E-state index is 0.0136. The molecule has 1 aromatic heterocycles. The van der Waals surface area contributed by atoms with Gasteiger partial charge in [0, 0.05) is 30.3 Å². The summed E-state index contributed by atoms with van der Waals surface area (Å²) >= 11 is 0. The Morgan fingerprint density at radius 2 is 1.82 bits per heavy atom. The van der Waals surface area contributed by atoms with Crippen molar-refractivity contribution in [1.82, 2.24) is 9.97 Å². The first-order valence-corrected chi connectivity index (χ1v) is 12.9. The van der Waals surface area contributed by atoms with Gasteiger partial charge in [-0.2, -0.15) is 0 Å². The molecule has 3 heterocycles. The van der Waals surface area contributed by atoms with E-state index in [-0.39, 0.29) is 18.2 Å². The molecule has 0 bridgehead atoms. The van der Waals surface area contributed by atoms with Gasteiger partial charge in [0.25, 0.3) is 0 Å². The normalized spacial score (nSPS) is 15.8. The number of esters is 1. The highest BCUT2D eigenvalue weighted by molar-refractivity contribution is 6.24. The Bertz CT molecular complexity index is 1650. The summed E-state index contributed by atoms with van der Waals surface area (Å²) in [7, 11) is 1.32. The zero-order valence-electron chi connectivity index (χ0n) is 21.7. The molecule has 1 atom stereocenters. The number of aliphatic imine (C=N–C) groups is 1. The lowest BCUT2D eigenvalue weighted by atomic mass is 9.90. The molecule has 0 saturated carbocycles. The third-order valence-electron chi connectivity index (χ3n) is 7.13. The third kappa shape index (κ3) is 4.73. The zero-order chi connectivity index (χ0) is 27.6. The van der Waals surface area contributed by atoms with Crippen molar-refractivity contribution in [2.45, 2.75) is 18.8 Å². The van der Waals surface area contributed by atoms with Gasteiger partial charge in [-0.05, 0) is 59.0 Å². The maximum atomic E-state index is 13.3. The Balaban J connectivity index is 1.34. The van der Waals surface area contributed by atoms with E-state index in [2.05, 4.69) is 15.3 Å². The number of fused-ring (bicyclic) bond motifs is 2. The molecule has 2 amide bonds. The number of nitrogens with zero attached hydrogens (tertiary/aromatic N) is 4. The van der Waals surface area contributed by atoms with Crippen molar-refractivity contribution in [2.75, 3.05) is 23.9 Å². The van der Waals surface area contributed by atoms with Gasteiger partial charge < -0.3 is 15.0 Å². The van der Waals surface area contributed by atoms with Crippen molar-refractivity contribution in [3.05, 3.63) is 113 Å². The predicted octanol–water partition coefficient (Wildman–Crippen LogP) is 4.25. The molecule has 0 spiro atoms. The van der Waals surface area contributed by atoms with Crippen LogP contribution in [0.25, 0.3) is 0 Å². The molecule has 6 rings (SSSR count). The van der Waals surface area contributed by atoms with Gasteiger partial charge in [0.05, 0.1) is 30.5 Å². The highest BCUT2D eigenvalue weighted by atomic mass is 16.5. The van der Waals surface area contributed by atoms with Crippen LogP contribution in [0.15, 0.2) is 90.4 Å². The van der Waals surface area contributed by atoms with E-state index >= 15 is 0 Å². The van der Waals surface area contributed by atoms with Gasteiger partial charge in [-0.15, -0.1) is 0 Å². The highest BCUT2D eigenvalue weighted by Crippen LogP contribution is 2.38. The number of amides is 2. The van der Waals surface area contributed by atoms with Gasteiger partial charge >= 0.3 is 5.97 Å². The van der Waals surface area contributed by atoms with E-state index in [1.165, 1.54) is 13.4 Å². The summed E-state index contributed by atoms with van der Waals surface area (Å²) < 4.78 is 4.83. The van der Waals surface area contributed by atoms with Crippen LogP contribution in [0, 0.1) is 0 Å². The van der Waals surface area contributed by atoms with Gasteiger partial charge in [-0.1, -0.05) is 36.4 Å². The number of carbonyl (C=O) groups is 3. The summed E-state index contributed by atoms with van der Waals surface area (Å²) in [5.41, 5.74) is 6.41. The standard InChI is InChI=1S/C31H25N5O4/c1-40-31(39)22-7-9-24-25(15-22)35-30(38)28(24)29(20-5-3-2-4-6-20)34-23-8-10-26-21(14-23)11-12-36(26)27(37)13-19-16-32-18-33-17-19/h2-10,14-18,28H,11-13H2,1H3,(H,35,38). The van der Waals surface area contributed by atoms with Gasteiger partial charge in [0.15, 0.2) is 0 Å². The molecule has 40 heavy (non-hydrogen) atoms. The van der Waals surface area contributed by atoms with Crippen molar-refractivity contribution in [3.63, 3.8) is 0 Å². The molecule has 0 aliphatic carbocycles. The Morgan fingerprint density at radius 1 is 1.02 bits per heavy atom. The molecule has 0 radical (unpaired) electrons. The first-order valence-electron chi connectivity index (χ1n) is 12.9. The number of nitrogens with one attached hydrogen (secondary N) is 1. The molecule has 9 heteroatoms. The molecule has 3 aromatic carbocycles. The van der Waals surface area contributed by atoms with Crippen LogP contribution in [0.1, 0.15) is 38.5 Å². The van der Waals surface area contributed by atoms with Crippen LogP contribution in [0.3, 0.4) is 0 Å². The number of methoxy groups -OCH3 is 1. The van der Waals surface area contributed by atoms with Crippen LogP contribution in [-0.2, 0) is 27.2 Å². The minimum Gasteiger partial charge on any atom is -0.465 e. The fraction of sp³-hybridized carbons (Fsp3) is 0.161. The number of hydrogen-bond acceptors (Lipinski definition) is 7. The van der Waals surface area contributed by atoms with Gasteiger partial charge in [-0.3, -0.25) is 14.6 Å². The number of benzene rings is 3. The van der Waals surface area contributed by atoms with Crippen LogP contribution in [-0.4, -0.2) is 47.1 Å². The average molecular weight is 532 g/mol. The Labute approximate surface area is 230 Å². The monoisotopic (exact) mass is 531 g/mol. The first-order chi connectivity index (χ1) is 19.5. The van der Waals surface area contributed by atoms with Crippen LogP contribution in [0.5, 0.6) is 0 Å². The van der Waals surface area contributed by atoms with Gasteiger partial charge in [0.1, 0.15) is 12.2 Å². The first kappa shape index (κ1) is 25.1. The molecule has 4 aromatic rings. The summed E-state index contributed by atoms with van der Waals surface area (Å²) in [5.74, 6) is -1.37. The maximum Gasteiger partial charge on any atom is 0.337 e. The van der Waals surface area contributed by atoms with Gasteiger partial charge in [0.2, 0.25) is 11.8 Å². The summed E-state index contributed by atoms with van der Waals surface area (Å²) in [4.78, 5) is 53.1. The van der Waals surface area contributed by atoms with Crippen LogP contribution >= 0.6 is 0 Å². The zero-order valence-corrected chi connectivity index (χ0v) is 21.7. The van der Waals surface area contributed by atoms with Crippen LogP contribution < -0.4 is 10.2 Å². The van der Waals surface area contributed by atoms with E-state index in [1.807, 2.05) is 48.5 Å². The number of rotatable bonds is 6. The number of ether oxygens (including phenoxy) is 1. The molecule has 0 saturated heterocycles. The molecule has 2 aliphatic heterocycles. The number of aromatic nitrogens is 2. The summed E-state index contributed by atoms with van der Waals surface area (Å²) in [6.45, 7) is 0.585. The quantitative estimate of drug-likeness (QED) is 0.294. The van der Waals surface area contributed by atoms with Crippen LogP contribution in [0.4, 0.5) is 17.1 Å². The molecule has 1 N–H and O–H groups in total. The highest BCUT2D eigenvalue weighted by Gasteiger charge is 2.36. The second-order valence-corrected chi connectivity index (χ2v) is 9.61. The van der Waals surface area contributed by atoms with Crippen molar-refractivity contribution in [3.8, 4) is 0 Å². The Kier molecular flexibility index (Phi) is 6.61. The van der Waals surface area contributed by atoms with E-state index in [9.17, 15) is 14.4 Å². The fourth-order valence-electron chi connectivity index (χ4n) is 5.23. The van der Waals surface area contributed by atoms with E-state index in [1.54, 1.807) is 35.5 Å². The number of hydrogen-bond donors (Lipinski definition) is 1. The lowest BCUT2D eigenvalue weighted by molar-refractivity contribution is -0.118. The summed E-state index contributed by atoms with van der Waals surface area (Å²) in [6.07, 6.45) is 5.68. The molecule has 1 unspecified atom stereocenters. The SMILES string of the molecule is COC(=O)c1ccc2c(c1)NC(=O)C2C(=Nc1ccc2c(c1)CCN2C(=O)Cc1cncnc1)c1ccccc1. The largest absolute Gasteiger partial charge is 0.465 e. The van der Waals surface area contributed by atoms with Gasteiger partial charge in [-0.25, -0.2) is 14.8 Å². The maximum absolute atomic E-state index is 13.3. The molecule has 0 fully saturated rings. The Hall–Kier alpha value is -5.18. The second kappa shape index (κ2) is 10.5. The van der Waals surface area contributed by atoms with E-state index in [0.717, 1.165) is 27.9 Å².